The molecule has 0 aromatic carbocycles. The molecule has 1 aliphatic heterocycles. The molecule has 112 valence electrons. The molecule has 0 fully saturated rings. The first kappa shape index (κ1) is 14.3. The minimum absolute atomic E-state index is 0.120. The fraction of sp³-hybridized carbons (Fsp3) is 0.143. The number of aromatic nitrogens is 2. The Kier molecular flexibility index (Phi) is 3.88. The lowest BCUT2D eigenvalue weighted by Gasteiger charge is -2.27. The molecule has 0 saturated heterocycles. The number of carbonyl (C=O) groups excluding carboxylic acids is 2. The van der Waals surface area contributed by atoms with Crippen LogP contribution in [0.3, 0.4) is 0 Å². The van der Waals surface area contributed by atoms with Crippen LogP contribution in [0.1, 0.15) is 0 Å². The highest BCUT2D eigenvalue weighted by molar-refractivity contribution is 6.30. The van der Waals surface area contributed by atoms with E-state index in [0.29, 0.717) is 22.4 Å². The third kappa shape index (κ3) is 2.99. The van der Waals surface area contributed by atoms with Crippen molar-refractivity contribution >= 4 is 35.1 Å². The third-order valence-electron chi connectivity index (χ3n) is 2.96. The minimum Gasteiger partial charge on any atom is -0.480 e. The Balaban J connectivity index is 1.73. The van der Waals surface area contributed by atoms with Crippen LogP contribution in [0, 0.1) is 0 Å². The van der Waals surface area contributed by atoms with E-state index in [9.17, 15) is 9.59 Å². The van der Waals surface area contributed by atoms with Gasteiger partial charge in [0, 0.05) is 12.4 Å². The first-order valence-corrected chi connectivity index (χ1v) is 6.81. The van der Waals surface area contributed by atoms with Crippen molar-refractivity contribution in [3.05, 3.63) is 41.7 Å². The van der Waals surface area contributed by atoms with Gasteiger partial charge in [-0.15, -0.1) is 0 Å². The molecule has 0 unspecified atom stereocenters. The molecule has 0 atom stereocenters. The van der Waals surface area contributed by atoms with Crippen molar-refractivity contribution in [2.45, 2.75) is 0 Å². The van der Waals surface area contributed by atoms with Crippen LogP contribution in [0.2, 0.25) is 5.02 Å². The summed E-state index contributed by atoms with van der Waals surface area (Å²) >= 11 is 5.73. The van der Waals surface area contributed by atoms with Gasteiger partial charge < -0.3 is 10.1 Å². The van der Waals surface area contributed by atoms with Gasteiger partial charge in [-0.1, -0.05) is 11.6 Å². The van der Waals surface area contributed by atoms with Crippen molar-refractivity contribution < 1.29 is 14.3 Å². The SMILES string of the molecule is O=C(CN1C(=O)COc2cccnc21)Nc1ccc(Cl)cn1. The van der Waals surface area contributed by atoms with Crippen LogP contribution in [0.5, 0.6) is 5.75 Å². The summed E-state index contributed by atoms with van der Waals surface area (Å²) in [5, 5.41) is 3.07. The number of nitrogens with one attached hydrogen (secondary N) is 1. The highest BCUT2D eigenvalue weighted by Gasteiger charge is 2.28. The zero-order valence-corrected chi connectivity index (χ0v) is 12.1. The van der Waals surface area contributed by atoms with Gasteiger partial charge in [0.15, 0.2) is 18.2 Å². The Labute approximate surface area is 130 Å². The zero-order chi connectivity index (χ0) is 15.5. The fourth-order valence-electron chi connectivity index (χ4n) is 1.97. The lowest BCUT2D eigenvalue weighted by molar-refractivity contribution is -0.123. The number of pyridine rings is 2. The second-order valence-corrected chi connectivity index (χ2v) is 4.94. The Morgan fingerprint density at radius 3 is 3.00 bits per heavy atom. The molecule has 0 bridgehead atoms. The van der Waals surface area contributed by atoms with Gasteiger partial charge in [-0.25, -0.2) is 9.97 Å². The summed E-state index contributed by atoms with van der Waals surface area (Å²) in [6.07, 6.45) is 2.96. The van der Waals surface area contributed by atoms with E-state index >= 15 is 0 Å². The topological polar surface area (TPSA) is 84.4 Å². The molecule has 1 aliphatic rings. The molecule has 3 rings (SSSR count). The quantitative estimate of drug-likeness (QED) is 0.927. The summed E-state index contributed by atoms with van der Waals surface area (Å²) in [4.78, 5) is 33.4. The fourth-order valence-corrected chi connectivity index (χ4v) is 2.08. The van der Waals surface area contributed by atoms with Gasteiger partial charge in [0.25, 0.3) is 5.91 Å². The summed E-state index contributed by atoms with van der Waals surface area (Å²) in [6.45, 7) is -0.290. The van der Waals surface area contributed by atoms with Gasteiger partial charge in [0.05, 0.1) is 5.02 Å². The number of amides is 2. The number of rotatable bonds is 3. The van der Waals surface area contributed by atoms with Crippen LogP contribution >= 0.6 is 11.6 Å². The van der Waals surface area contributed by atoms with E-state index in [0.717, 1.165) is 0 Å². The van der Waals surface area contributed by atoms with E-state index in [4.69, 9.17) is 16.3 Å². The molecule has 0 spiro atoms. The van der Waals surface area contributed by atoms with Crippen LogP contribution in [0.15, 0.2) is 36.7 Å². The molecule has 2 aromatic rings. The number of halogens is 1. The molecule has 7 nitrogen and oxygen atoms in total. The Morgan fingerprint density at radius 1 is 1.36 bits per heavy atom. The summed E-state index contributed by atoms with van der Waals surface area (Å²) in [6, 6.07) is 6.58. The van der Waals surface area contributed by atoms with Crippen LogP contribution in [0.25, 0.3) is 0 Å². The smallest absolute Gasteiger partial charge is 0.266 e. The molecule has 8 heteroatoms. The van der Waals surface area contributed by atoms with Gasteiger partial charge in [-0.3, -0.25) is 14.5 Å². The maximum absolute atomic E-state index is 12.1. The average molecular weight is 319 g/mol. The second-order valence-electron chi connectivity index (χ2n) is 4.50. The molecule has 3 heterocycles. The summed E-state index contributed by atoms with van der Waals surface area (Å²) < 4.78 is 5.27. The van der Waals surface area contributed by atoms with Crippen molar-refractivity contribution in [3.8, 4) is 5.75 Å². The summed E-state index contributed by atoms with van der Waals surface area (Å²) in [7, 11) is 0. The highest BCUT2D eigenvalue weighted by atomic mass is 35.5. The first-order valence-electron chi connectivity index (χ1n) is 6.43. The van der Waals surface area contributed by atoms with E-state index in [1.54, 1.807) is 24.3 Å². The lowest BCUT2D eigenvalue weighted by Crippen LogP contribution is -2.44. The summed E-state index contributed by atoms with van der Waals surface area (Å²) in [5.41, 5.74) is 0. The Bertz CT molecular complexity index is 720. The molecule has 0 radical (unpaired) electrons. The van der Waals surface area contributed by atoms with Gasteiger partial charge in [-0.2, -0.15) is 0 Å². The van der Waals surface area contributed by atoms with Gasteiger partial charge in [0.2, 0.25) is 5.91 Å². The standard InChI is InChI=1S/C14H11ClN4O3/c15-9-3-4-11(17-6-9)18-12(20)7-19-13(21)8-22-10-2-1-5-16-14(10)19/h1-6H,7-8H2,(H,17,18,20). The monoisotopic (exact) mass is 318 g/mol. The molecular formula is C14H11ClN4O3. The van der Waals surface area contributed by atoms with Gasteiger partial charge in [0.1, 0.15) is 12.4 Å². The molecule has 2 amide bonds. The lowest BCUT2D eigenvalue weighted by atomic mass is 10.3. The number of hydrogen-bond acceptors (Lipinski definition) is 5. The van der Waals surface area contributed by atoms with Crippen molar-refractivity contribution in [1.82, 2.24) is 9.97 Å². The van der Waals surface area contributed by atoms with E-state index in [1.807, 2.05) is 0 Å². The third-order valence-corrected chi connectivity index (χ3v) is 3.18. The van der Waals surface area contributed by atoms with E-state index in [-0.39, 0.29) is 25.0 Å². The van der Waals surface area contributed by atoms with E-state index in [2.05, 4.69) is 15.3 Å². The number of fused-ring (bicyclic) bond motifs is 1. The predicted octanol–water partition coefficient (Wildman–Crippen LogP) is 1.49. The normalized spacial score (nSPS) is 13.3. The zero-order valence-electron chi connectivity index (χ0n) is 11.3. The van der Waals surface area contributed by atoms with Gasteiger partial charge in [-0.05, 0) is 24.3 Å². The number of ether oxygens (including phenoxy) is 1. The van der Waals surface area contributed by atoms with Crippen LogP contribution in [-0.2, 0) is 9.59 Å². The molecule has 22 heavy (non-hydrogen) atoms. The second kappa shape index (κ2) is 5.98. The average Bonchev–Trinajstić information content (AvgIpc) is 2.52. The number of anilines is 2. The summed E-state index contributed by atoms with van der Waals surface area (Å²) in [5.74, 6) is 0.445. The van der Waals surface area contributed by atoms with Gasteiger partial charge >= 0.3 is 0 Å². The molecule has 0 aliphatic carbocycles. The molecular weight excluding hydrogens is 308 g/mol. The minimum atomic E-state index is -0.387. The van der Waals surface area contributed by atoms with Crippen molar-refractivity contribution in [2.75, 3.05) is 23.4 Å². The largest absolute Gasteiger partial charge is 0.480 e. The van der Waals surface area contributed by atoms with E-state index in [1.165, 1.54) is 17.3 Å². The molecule has 2 aromatic heterocycles. The van der Waals surface area contributed by atoms with Crippen LogP contribution in [-0.4, -0.2) is 34.9 Å². The van der Waals surface area contributed by atoms with E-state index < -0.39 is 0 Å². The number of carbonyl (C=O) groups is 2. The maximum atomic E-state index is 12.1. The molecule has 0 saturated carbocycles. The van der Waals surface area contributed by atoms with Crippen molar-refractivity contribution in [1.29, 1.82) is 0 Å². The highest BCUT2D eigenvalue weighted by Crippen LogP contribution is 2.28. The number of nitrogens with zero attached hydrogens (tertiary/aromatic N) is 3. The Hall–Kier alpha value is -2.67. The molecule has 1 N–H and O–H groups in total. The Morgan fingerprint density at radius 2 is 2.23 bits per heavy atom. The number of hydrogen-bond donors (Lipinski definition) is 1. The first-order chi connectivity index (χ1) is 10.6. The van der Waals surface area contributed by atoms with Crippen molar-refractivity contribution in [2.24, 2.45) is 0 Å². The van der Waals surface area contributed by atoms with Crippen LogP contribution in [0.4, 0.5) is 11.6 Å². The van der Waals surface area contributed by atoms with Crippen molar-refractivity contribution in [3.63, 3.8) is 0 Å². The maximum Gasteiger partial charge on any atom is 0.266 e. The van der Waals surface area contributed by atoms with Crippen LogP contribution < -0.4 is 15.0 Å². The predicted molar refractivity (Wildman–Crippen MR) is 80.0 cm³/mol.